The first kappa shape index (κ1) is 15.4. The van der Waals surface area contributed by atoms with Crippen LogP contribution in [0.3, 0.4) is 0 Å². The van der Waals surface area contributed by atoms with Gasteiger partial charge in [0, 0.05) is 10.5 Å². The third kappa shape index (κ3) is 3.78. The Balaban J connectivity index is 2.13. The van der Waals surface area contributed by atoms with E-state index in [0.717, 1.165) is 23.9 Å². The topological polar surface area (TPSA) is 37.3 Å². The Morgan fingerprint density at radius 1 is 1.14 bits per heavy atom. The molecule has 0 amide bonds. The Morgan fingerprint density at radius 3 is 2.43 bits per heavy atom. The smallest absolute Gasteiger partial charge is 0.338 e. The van der Waals surface area contributed by atoms with Gasteiger partial charge in [0.1, 0.15) is 5.82 Å². The maximum atomic E-state index is 14.0. The monoisotopic (exact) mass is 312 g/mol. The van der Waals surface area contributed by atoms with Crippen molar-refractivity contribution in [1.29, 1.82) is 0 Å². The summed E-state index contributed by atoms with van der Waals surface area (Å²) in [6, 6.07) is 10.7. The van der Waals surface area contributed by atoms with Crippen molar-refractivity contribution in [2.24, 2.45) is 0 Å². The van der Waals surface area contributed by atoms with Gasteiger partial charge in [0.15, 0.2) is 0 Å². The second-order valence-electron chi connectivity index (χ2n) is 4.31. The zero-order valence-electron chi connectivity index (χ0n) is 10.7. The van der Waals surface area contributed by atoms with Crippen molar-refractivity contribution in [1.82, 2.24) is 0 Å². The SMILES string of the molecule is O=C(O)c1cc(SCC(F)(F)c2ccccc2)ccc1F. The highest BCUT2D eigenvalue weighted by Gasteiger charge is 2.31. The minimum absolute atomic E-state index is 0.113. The molecule has 2 aromatic rings. The van der Waals surface area contributed by atoms with E-state index in [4.69, 9.17) is 5.11 Å². The van der Waals surface area contributed by atoms with Crippen molar-refractivity contribution in [2.75, 3.05) is 5.75 Å². The lowest BCUT2D eigenvalue weighted by Crippen LogP contribution is -2.16. The Kier molecular flexibility index (Phi) is 4.57. The first-order chi connectivity index (χ1) is 9.90. The lowest BCUT2D eigenvalue weighted by Gasteiger charge is -2.16. The fourth-order valence-corrected chi connectivity index (χ4v) is 2.58. The molecular formula is C15H11F3O2S. The van der Waals surface area contributed by atoms with Gasteiger partial charge in [0.2, 0.25) is 0 Å². The average Bonchev–Trinajstić information content (AvgIpc) is 2.47. The molecule has 2 aromatic carbocycles. The molecule has 0 spiro atoms. The summed E-state index contributed by atoms with van der Waals surface area (Å²) in [6.07, 6.45) is 0. The Morgan fingerprint density at radius 2 is 1.81 bits per heavy atom. The van der Waals surface area contributed by atoms with Crippen molar-refractivity contribution in [3.8, 4) is 0 Å². The van der Waals surface area contributed by atoms with Crippen LogP contribution in [0, 0.1) is 5.82 Å². The molecule has 0 saturated heterocycles. The summed E-state index contributed by atoms with van der Waals surface area (Å²) < 4.78 is 41.2. The van der Waals surface area contributed by atoms with Gasteiger partial charge in [-0.1, -0.05) is 30.3 Å². The first-order valence-electron chi connectivity index (χ1n) is 5.99. The highest BCUT2D eigenvalue weighted by molar-refractivity contribution is 7.99. The van der Waals surface area contributed by atoms with E-state index in [-0.39, 0.29) is 10.5 Å². The van der Waals surface area contributed by atoms with E-state index in [9.17, 15) is 18.0 Å². The van der Waals surface area contributed by atoms with Gasteiger partial charge >= 0.3 is 5.97 Å². The summed E-state index contributed by atoms with van der Waals surface area (Å²) in [6.45, 7) is 0. The second-order valence-corrected chi connectivity index (χ2v) is 5.35. The molecule has 0 saturated carbocycles. The molecule has 0 fully saturated rings. The van der Waals surface area contributed by atoms with Crippen molar-refractivity contribution in [3.63, 3.8) is 0 Å². The number of rotatable bonds is 5. The molecule has 0 atom stereocenters. The van der Waals surface area contributed by atoms with Gasteiger partial charge in [-0.3, -0.25) is 0 Å². The van der Waals surface area contributed by atoms with Crippen molar-refractivity contribution in [3.05, 3.63) is 65.5 Å². The molecule has 2 rings (SSSR count). The van der Waals surface area contributed by atoms with E-state index in [2.05, 4.69) is 0 Å². The van der Waals surface area contributed by atoms with E-state index < -0.39 is 29.0 Å². The number of alkyl halides is 2. The van der Waals surface area contributed by atoms with Crippen LogP contribution in [-0.2, 0) is 5.92 Å². The molecule has 0 aromatic heterocycles. The Labute approximate surface area is 123 Å². The lowest BCUT2D eigenvalue weighted by molar-refractivity contribution is 0.0231. The van der Waals surface area contributed by atoms with Crippen LogP contribution >= 0.6 is 11.8 Å². The van der Waals surface area contributed by atoms with Crippen LogP contribution in [-0.4, -0.2) is 16.8 Å². The lowest BCUT2D eigenvalue weighted by atomic mass is 10.1. The molecule has 6 heteroatoms. The van der Waals surface area contributed by atoms with Crippen LogP contribution in [0.15, 0.2) is 53.4 Å². The van der Waals surface area contributed by atoms with Crippen LogP contribution in [0.2, 0.25) is 0 Å². The highest BCUT2D eigenvalue weighted by Crippen LogP contribution is 2.34. The van der Waals surface area contributed by atoms with Crippen LogP contribution in [0.4, 0.5) is 13.2 Å². The normalized spacial score (nSPS) is 11.4. The van der Waals surface area contributed by atoms with Crippen LogP contribution in [0.5, 0.6) is 0 Å². The predicted molar refractivity (Wildman–Crippen MR) is 74.4 cm³/mol. The second kappa shape index (κ2) is 6.22. The maximum absolute atomic E-state index is 14.0. The van der Waals surface area contributed by atoms with Gasteiger partial charge < -0.3 is 5.11 Å². The van der Waals surface area contributed by atoms with Crippen LogP contribution < -0.4 is 0 Å². The fraction of sp³-hybridized carbons (Fsp3) is 0.133. The summed E-state index contributed by atoms with van der Waals surface area (Å²) in [5.74, 6) is -5.92. The summed E-state index contributed by atoms with van der Waals surface area (Å²) in [5, 5.41) is 8.80. The quantitative estimate of drug-likeness (QED) is 0.831. The van der Waals surface area contributed by atoms with Gasteiger partial charge in [-0.05, 0) is 18.2 Å². The number of hydrogen-bond acceptors (Lipinski definition) is 2. The molecular weight excluding hydrogens is 301 g/mol. The van der Waals surface area contributed by atoms with E-state index in [1.54, 1.807) is 6.07 Å². The molecule has 0 aliphatic carbocycles. The number of carbonyl (C=O) groups is 1. The first-order valence-corrected chi connectivity index (χ1v) is 6.98. The number of halogens is 3. The van der Waals surface area contributed by atoms with Crippen molar-refractivity contribution in [2.45, 2.75) is 10.8 Å². The van der Waals surface area contributed by atoms with Gasteiger partial charge in [0.05, 0.1) is 11.3 Å². The number of benzene rings is 2. The number of hydrogen-bond donors (Lipinski definition) is 1. The van der Waals surface area contributed by atoms with Crippen molar-refractivity contribution < 1.29 is 23.1 Å². The van der Waals surface area contributed by atoms with E-state index in [0.29, 0.717) is 0 Å². The minimum atomic E-state index is -3.05. The minimum Gasteiger partial charge on any atom is -0.478 e. The molecule has 0 aliphatic heterocycles. The number of aromatic carboxylic acids is 1. The summed E-state index contributed by atoms with van der Waals surface area (Å²) >= 11 is 0.782. The predicted octanol–water partition coefficient (Wildman–Crippen LogP) is 4.41. The fourth-order valence-electron chi connectivity index (χ4n) is 1.70. The van der Waals surface area contributed by atoms with Gasteiger partial charge in [-0.15, -0.1) is 11.8 Å². The van der Waals surface area contributed by atoms with Crippen LogP contribution in [0.25, 0.3) is 0 Å². The maximum Gasteiger partial charge on any atom is 0.338 e. The molecule has 0 unspecified atom stereocenters. The molecule has 0 radical (unpaired) electrons. The molecule has 1 N–H and O–H groups in total. The summed E-state index contributed by atoms with van der Waals surface area (Å²) in [5.41, 5.74) is -0.638. The number of carboxylic acids is 1. The molecule has 21 heavy (non-hydrogen) atoms. The Hall–Kier alpha value is -1.95. The number of thioether (sulfide) groups is 1. The van der Waals surface area contributed by atoms with E-state index in [1.165, 1.54) is 30.3 Å². The van der Waals surface area contributed by atoms with Gasteiger partial charge in [-0.25, -0.2) is 18.0 Å². The highest BCUT2D eigenvalue weighted by atomic mass is 32.2. The third-order valence-corrected chi connectivity index (χ3v) is 3.88. The van der Waals surface area contributed by atoms with Gasteiger partial charge in [-0.2, -0.15) is 0 Å². The summed E-state index contributed by atoms with van der Waals surface area (Å²) in [4.78, 5) is 11.1. The average molecular weight is 312 g/mol. The van der Waals surface area contributed by atoms with Crippen LogP contribution in [0.1, 0.15) is 15.9 Å². The molecule has 0 bridgehead atoms. The molecule has 0 aliphatic rings. The standard InChI is InChI=1S/C15H11F3O2S/c16-13-7-6-11(8-12(13)14(19)20)21-9-15(17,18)10-4-2-1-3-5-10/h1-8H,9H2,(H,19,20). The molecule has 110 valence electrons. The summed E-state index contributed by atoms with van der Waals surface area (Å²) in [7, 11) is 0. The third-order valence-electron chi connectivity index (χ3n) is 2.78. The van der Waals surface area contributed by atoms with E-state index >= 15 is 0 Å². The largest absolute Gasteiger partial charge is 0.478 e. The molecule has 0 heterocycles. The Bertz CT molecular complexity index is 645. The number of carboxylic acid groups (broad SMARTS) is 1. The van der Waals surface area contributed by atoms with Gasteiger partial charge in [0.25, 0.3) is 5.92 Å². The zero-order valence-corrected chi connectivity index (χ0v) is 11.5. The van der Waals surface area contributed by atoms with Crippen molar-refractivity contribution >= 4 is 17.7 Å². The van der Waals surface area contributed by atoms with E-state index in [1.807, 2.05) is 0 Å². The zero-order chi connectivity index (χ0) is 15.5. The molecule has 2 nitrogen and oxygen atoms in total.